The monoisotopic (exact) mass is 365 g/mol. The Bertz CT molecular complexity index is 989. The van der Waals surface area contributed by atoms with E-state index in [1.807, 2.05) is 42.5 Å². The van der Waals surface area contributed by atoms with Gasteiger partial charge in [-0.1, -0.05) is 25.1 Å². The maximum Gasteiger partial charge on any atom is 0.251 e. The highest BCUT2D eigenvalue weighted by Gasteiger charge is 2.33. The Morgan fingerprint density at radius 1 is 1.30 bits per heavy atom. The summed E-state index contributed by atoms with van der Waals surface area (Å²) in [6.07, 6.45) is -0.643. The Kier molecular flexibility index (Phi) is 4.45. The number of carbonyl (C=O) groups excluding carboxylic acids is 1. The molecule has 0 aliphatic carbocycles. The molecule has 0 radical (unpaired) electrons. The molecule has 1 fully saturated rings. The zero-order valence-corrected chi connectivity index (χ0v) is 15.5. The van der Waals surface area contributed by atoms with Crippen molar-refractivity contribution >= 4 is 16.9 Å². The molecule has 0 saturated carbocycles. The molecule has 1 amide bonds. The lowest BCUT2D eigenvalue weighted by atomic mass is 9.88. The third-order valence-corrected chi connectivity index (χ3v) is 4.93. The molecule has 140 valence electrons. The normalized spacial score (nSPS) is 16.7. The summed E-state index contributed by atoms with van der Waals surface area (Å²) in [5.41, 5.74) is 4.27. The molecule has 6 heteroatoms. The van der Waals surface area contributed by atoms with Gasteiger partial charge in [0.1, 0.15) is 11.9 Å². The van der Waals surface area contributed by atoms with Crippen LogP contribution in [0.25, 0.3) is 22.2 Å². The van der Waals surface area contributed by atoms with Crippen molar-refractivity contribution in [3.8, 4) is 11.1 Å². The van der Waals surface area contributed by atoms with Crippen LogP contribution in [0, 0.1) is 5.41 Å². The first kappa shape index (κ1) is 17.7. The highest BCUT2D eigenvalue weighted by atomic mass is 16.5. The molecular weight excluding hydrogens is 342 g/mol. The van der Waals surface area contributed by atoms with Gasteiger partial charge in [-0.05, 0) is 42.3 Å². The van der Waals surface area contributed by atoms with E-state index in [4.69, 9.17) is 4.74 Å². The number of aromatic amines is 1. The zero-order chi connectivity index (χ0) is 19.0. The van der Waals surface area contributed by atoms with Crippen LogP contribution in [0.4, 0.5) is 0 Å². The Labute approximate surface area is 157 Å². The second-order valence-electron chi connectivity index (χ2n) is 7.60. The first-order chi connectivity index (χ1) is 12.9. The number of imidazole rings is 1. The molecule has 2 heterocycles. The van der Waals surface area contributed by atoms with Gasteiger partial charge >= 0.3 is 0 Å². The van der Waals surface area contributed by atoms with E-state index in [0.717, 1.165) is 22.2 Å². The molecule has 2 aromatic carbocycles. The summed E-state index contributed by atoms with van der Waals surface area (Å²) < 4.78 is 5.23. The first-order valence-electron chi connectivity index (χ1n) is 9.08. The number of nitrogens with one attached hydrogen (secondary N) is 2. The average molecular weight is 365 g/mol. The van der Waals surface area contributed by atoms with Crippen molar-refractivity contribution in [1.82, 2.24) is 15.3 Å². The van der Waals surface area contributed by atoms with Crippen LogP contribution < -0.4 is 5.32 Å². The fourth-order valence-electron chi connectivity index (χ4n) is 3.20. The number of ether oxygens (including phenoxy) is 1. The Morgan fingerprint density at radius 2 is 2.07 bits per heavy atom. The largest absolute Gasteiger partial charge is 0.385 e. The maximum atomic E-state index is 12.5. The van der Waals surface area contributed by atoms with Crippen LogP contribution in [-0.2, 0) is 4.74 Å². The molecule has 1 unspecified atom stereocenters. The third kappa shape index (κ3) is 3.59. The van der Waals surface area contributed by atoms with Crippen molar-refractivity contribution in [2.24, 2.45) is 5.41 Å². The van der Waals surface area contributed by atoms with Crippen LogP contribution in [0.15, 0.2) is 42.5 Å². The smallest absolute Gasteiger partial charge is 0.251 e. The number of H-pyrrole nitrogens is 1. The molecule has 0 spiro atoms. The lowest BCUT2D eigenvalue weighted by molar-refractivity contribution is -0.0978. The molecule has 4 rings (SSSR count). The summed E-state index contributed by atoms with van der Waals surface area (Å²) in [4.78, 5) is 20.0. The van der Waals surface area contributed by atoms with Crippen LogP contribution in [-0.4, -0.2) is 40.7 Å². The van der Waals surface area contributed by atoms with E-state index in [0.29, 0.717) is 31.1 Å². The van der Waals surface area contributed by atoms with Crippen molar-refractivity contribution in [1.29, 1.82) is 0 Å². The maximum absolute atomic E-state index is 12.5. The van der Waals surface area contributed by atoms with Gasteiger partial charge in [-0.3, -0.25) is 4.79 Å². The van der Waals surface area contributed by atoms with Crippen molar-refractivity contribution in [3.63, 3.8) is 0 Å². The van der Waals surface area contributed by atoms with Crippen LogP contribution in [0.5, 0.6) is 0 Å². The lowest BCUT2D eigenvalue weighted by Gasteiger charge is -2.38. The van der Waals surface area contributed by atoms with Gasteiger partial charge in [0.15, 0.2) is 0 Å². The van der Waals surface area contributed by atoms with Crippen molar-refractivity contribution < 1.29 is 14.6 Å². The van der Waals surface area contributed by atoms with Gasteiger partial charge in [0.2, 0.25) is 0 Å². The topological polar surface area (TPSA) is 87.2 Å². The minimum atomic E-state index is -0.643. The van der Waals surface area contributed by atoms with E-state index in [2.05, 4.69) is 22.2 Å². The van der Waals surface area contributed by atoms with Crippen molar-refractivity contribution in [3.05, 3.63) is 53.9 Å². The molecule has 0 bridgehead atoms. The van der Waals surface area contributed by atoms with Gasteiger partial charge in [-0.25, -0.2) is 4.98 Å². The van der Waals surface area contributed by atoms with Crippen LogP contribution >= 0.6 is 0 Å². The molecular formula is C21H23N3O3. The molecule has 3 aromatic rings. The minimum absolute atomic E-state index is 0.0421. The molecule has 1 aromatic heterocycles. The van der Waals surface area contributed by atoms with Gasteiger partial charge in [0.25, 0.3) is 5.91 Å². The second-order valence-corrected chi connectivity index (χ2v) is 7.60. The Balaban J connectivity index is 1.56. The predicted molar refractivity (Wildman–Crippen MR) is 103 cm³/mol. The van der Waals surface area contributed by atoms with Gasteiger partial charge in [0.05, 0.1) is 24.2 Å². The van der Waals surface area contributed by atoms with Gasteiger partial charge in [0, 0.05) is 17.5 Å². The van der Waals surface area contributed by atoms with Gasteiger partial charge < -0.3 is 20.1 Å². The highest BCUT2D eigenvalue weighted by Crippen LogP contribution is 2.27. The highest BCUT2D eigenvalue weighted by molar-refractivity contribution is 5.95. The summed E-state index contributed by atoms with van der Waals surface area (Å²) in [6, 6.07) is 13.4. The quantitative estimate of drug-likeness (QED) is 0.648. The summed E-state index contributed by atoms with van der Waals surface area (Å²) in [6.45, 7) is 5.77. The summed E-state index contributed by atoms with van der Waals surface area (Å²) >= 11 is 0. The number of nitrogens with zero attached hydrogens (tertiary/aromatic N) is 1. The Morgan fingerprint density at radius 3 is 2.78 bits per heavy atom. The molecule has 1 aliphatic heterocycles. The number of rotatable bonds is 5. The number of aliphatic hydroxyl groups is 1. The molecule has 1 saturated heterocycles. The van der Waals surface area contributed by atoms with Gasteiger partial charge in [-0.2, -0.15) is 0 Å². The number of carbonyl (C=O) groups is 1. The number of aliphatic hydroxyl groups excluding tert-OH is 1. The van der Waals surface area contributed by atoms with E-state index in [-0.39, 0.29) is 11.3 Å². The Hall–Kier alpha value is -2.70. The molecule has 6 nitrogen and oxygen atoms in total. The van der Waals surface area contributed by atoms with Crippen LogP contribution in [0.2, 0.25) is 0 Å². The van der Waals surface area contributed by atoms with Gasteiger partial charge in [-0.15, -0.1) is 0 Å². The first-order valence-corrected chi connectivity index (χ1v) is 9.08. The number of benzene rings is 2. The average Bonchev–Trinajstić information content (AvgIpc) is 3.08. The van der Waals surface area contributed by atoms with E-state index < -0.39 is 6.10 Å². The summed E-state index contributed by atoms with van der Waals surface area (Å²) in [7, 11) is 0. The lowest BCUT2D eigenvalue weighted by Crippen LogP contribution is -2.48. The number of aromatic nitrogens is 2. The van der Waals surface area contributed by atoms with E-state index >= 15 is 0 Å². The molecule has 1 atom stereocenters. The zero-order valence-electron chi connectivity index (χ0n) is 15.5. The van der Waals surface area contributed by atoms with Crippen LogP contribution in [0.1, 0.15) is 36.1 Å². The number of hydrogen-bond donors (Lipinski definition) is 3. The van der Waals surface area contributed by atoms with E-state index in [1.165, 1.54) is 0 Å². The standard InChI is InChI=1S/C21H23N3O3/c1-13(25)19-23-17-7-6-15(9-18(17)24-19)14-4-3-5-16(8-14)20(26)22-10-21(2)11-27-12-21/h3-9,13,25H,10-12H2,1-2H3,(H,22,26)(H,23,24). The SMILES string of the molecule is CC(O)c1nc2ccc(-c3cccc(C(=O)NCC4(C)COC4)c3)cc2[nH]1. The van der Waals surface area contributed by atoms with E-state index in [9.17, 15) is 9.90 Å². The van der Waals surface area contributed by atoms with Crippen molar-refractivity contribution in [2.75, 3.05) is 19.8 Å². The summed E-state index contributed by atoms with van der Waals surface area (Å²) in [5.74, 6) is 0.465. The van der Waals surface area contributed by atoms with Crippen LogP contribution in [0.3, 0.4) is 0 Å². The number of hydrogen-bond acceptors (Lipinski definition) is 4. The fraction of sp³-hybridized carbons (Fsp3) is 0.333. The van der Waals surface area contributed by atoms with E-state index in [1.54, 1.807) is 6.92 Å². The number of amides is 1. The predicted octanol–water partition coefficient (Wildman–Crippen LogP) is 3.05. The van der Waals surface area contributed by atoms with Crippen molar-refractivity contribution in [2.45, 2.75) is 20.0 Å². The summed E-state index contributed by atoms with van der Waals surface area (Å²) in [5, 5.41) is 12.7. The molecule has 3 N–H and O–H groups in total. The second kappa shape index (κ2) is 6.79. The minimum Gasteiger partial charge on any atom is -0.385 e. The number of fused-ring (bicyclic) bond motifs is 1. The molecule has 1 aliphatic rings. The third-order valence-electron chi connectivity index (χ3n) is 4.93. The molecule has 27 heavy (non-hydrogen) atoms. The fourth-order valence-corrected chi connectivity index (χ4v) is 3.20.